The highest BCUT2D eigenvalue weighted by atomic mass is 32.2. The van der Waals surface area contributed by atoms with E-state index in [1.807, 2.05) is 60.7 Å². The lowest BCUT2D eigenvalue weighted by Gasteiger charge is -2.04. The van der Waals surface area contributed by atoms with E-state index >= 15 is 0 Å². The number of methoxy groups -OCH3 is 1. The van der Waals surface area contributed by atoms with Crippen molar-refractivity contribution in [2.24, 2.45) is 0 Å². The molecule has 30 heavy (non-hydrogen) atoms. The molecule has 7 heteroatoms. The molecular formula is C23H21N3O3S. The molecule has 0 atom stereocenters. The predicted molar refractivity (Wildman–Crippen MR) is 117 cm³/mol. The lowest BCUT2D eigenvalue weighted by Crippen LogP contribution is -2.24. The van der Waals surface area contributed by atoms with Gasteiger partial charge in [-0.3, -0.25) is 4.79 Å². The normalized spacial score (nSPS) is 10.7. The zero-order chi connectivity index (χ0) is 20.8. The Balaban J connectivity index is 1.52. The summed E-state index contributed by atoms with van der Waals surface area (Å²) in [4.78, 5) is 20.5. The predicted octanol–water partition coefficient (Wildman–Crippen LogP) is 4.75. The van der Waals surface area contributed by atoms with E-state index in [1.165, 1.54) is 11.8 Å². The molecule has 0 unspecified atom stereocenters. The summed E-state index contributed by atoms with van der Waals surface area (Å²) in [6.07, 6.45) is 1.59. The molecule has 0 fully saturated rings. The number of nitrogens with zero attached hydrogens (tertiary/aromatic N) is 1. The molecule has 0 radical (unpaired) electrons. The molecule has 0 saturated heterocycles. The summed E-state index contributed by atoms with van der Waals surface area (Å²) in [6, 6.07) is 21.3. The van der Waals surface area contributed by atoms with Gasteiger partial charge < -0.3 is 19.5 Å². The molecule has 0 aliphatic rings. The second-order valence-corrected chi connectivity index (χ2v) is 7.47. The maximum absolute atomic E-state index is 12.3. The molecular weight excluding hydrogens is 398 g/mol. The third-order valence-corrected chi connectivity index (χ3v) is 5.45. The van der Waals surface area contributed by atoms with E-state index in [0.717, 1.165) is 39.2 Å². The van der Waals surface area contributed by atoms with Crippen LogP contribution in [-0.4, -0.2) is 28.7 Å². The summed E-state index contributed by atoms with van der Waals surface area (Å²) in [7, 11) is 1.64. The SMILES string of the molecule is COc1ccc(-c2nc(SCC(=O)NCc3ccco3)c(-c3ccccc3)[nH]2)cc1. The van der Waals surface area contributed by atoms with Crippen molar-refractivity contribution < 1.29 is 13.9 Å². The van der Waals surface area contributed by atoms with Crippen LogP contribution in [0.15, 0.2) is 82.4 Å². The highest BCUT2D eigenvalue weighted by Gasteiger charge is 2.15. The number of hydrogen-bond acceptors (Lipinski definition) is 5. The minimum atomic E-state index is -0.0793. The number of imidazole rings is 1. The Morgan fingerprint density at radius 2 is 1.87 bits per heavy atom. The number of amides is 1. The molecule has 0 aliphatic heterocycles. The summed E-state index contributed by atoms with van der Waals surface area (Å²) in [6.45, 7) is 0.371. The van der Waals surface area contributed by atoms with Crippen molar-refractivity contribution in [2.75, 3.05) is 12.9 Å². The van der Waals surface area contributed by atoms with Crippen LogP contribution in [0.1, 0.15) is 5.76 Å². The summed E-state index contributed by atoms with van der Waals surface area (Å²) < 4.78 is 10.5. The Hall–Kier alpha value is -3.45. The number of H-pyrrole nitrogens is 1. The number of furan rings is 1. The van der Waals surface area contributed by atoms with Crippen LogP contribution in [0.5, 0.6) is 5.75 Å². The number of nitrogens with one attached hydrogen (secondary N) is 2. The van der Waals surface area contributed by atoms with Crippen LogP contribution < -0.4 is 10.1 Å². The second kappa shape index (κ2) is 9.37. The molecule has 0 aliphatic carbocycles. The van der Waals surface area contributed by atoms with Crippen molar-refractivity contribution in [3.8, 4) is 28.4 Å². The summed E-state index contributed by atoms with van der Waals surface area (Å²) in [5, 5.41) is 3.64. The first-order chi connectivity index (χ1) is 14.7. The molecule has 2 heterocycles. The van der Waals surface area contributed by atoms with Crippen molar-refractivity contribution in [2.45, 2.75) is 11.6 Å². The van der Waals surface area contributed by atoms with Gasteiger partial charge in [-0.05, 0) is 36.4 Å². The first-order valence-electron chi connectivity index (χ1n) is 9.44. The fourth-order valence-corrected chi connectivity index (χ4v) is 3.77. The van der Waals surface area contributed by atoms with Crippen LogP contribution in [0, 0.1) is 0 Å². The molecule has 0 saturated carbocycles. The van der Waals surface area contributed by atoms with Crippen LogP contribution in [0.2, 0.25) is 0 Å². The van der Waals surface area contributed by atoms with Gasteiger partial charge in [-0.2, -0.15) is 0 Å². The molecule has 2 N–H and O–H groups in total. The summed E-state index contributed by atoms with van der Waals surface area (Å²) in [5.74, 6) is 2.43. The first kappa shape index (κ1) is 19.8. The van der Waals surface area contributed by atoms with Crippen molar-refractivity contribution in [1.82, 2.24) is 15.3 Å². The molecule has 152 valence electrons. The quantitative estimate of drug-likeness (QED) is 0.403. The molecule has 4 aromatic rings. The smallest absolute Gasteiger partial charge is 0.230 e. The van der Waals surface area contributed by atoms with Crippen LogP contribution >= 0.6 is 11.8 Å². The fraction of sp³-hybridized carbons (Fsp3) is 0.130. The van der Waals surface area contributed by atoms with Gasteiger partial charge >= 0.3 is 0 Å². The van der Waals surface area contributed by atoms with Crippen LogP contribution in [0.3, 0.4) is 0 Å². The molecule has 4 rings (SSSR count). The third-order valence-electron chi connectivity index (χ3n) is 4.48. The number of aromatic nitrogens is 2. The number of ether oxygens (including phenoxy) is 1. The minimum absolute atomic E-state index is 0.0793. The Morgan fingerprint density at radius 1 is 1.07 bits per heavy atom. The second-order valence-electron chi connectivity index (χ2n) is 6.50. The van der Waals surface area contributed by atoms with Gasteiger partial charge in [-0.15, -0.1) is 0 Å². The molecule has 2 aromatic heterocycles. The molecule has 2 aromatic carbocycles. The molecule has 0 bridgehead atoms. The monoisotopic (exact) mass is 419 g/mol. The molecule has 6 nitrogen and oxygen atoms in total. The van der Waals surface area contributed by atoms with E-state index < -0.39 is 0 Å². The van der Waals surface area contributed by atoms with Crippen LogP contribution in [0.25, 0.3) is 22.6 Å². The zero-order valence-electron chi connectivity index (χ0n) is 16.4. The number of carbonyl (C=O) groups is 1. The molecule has 0 spiro atoms. The van der Waals surface area contributed by atoms with Crippen molar-refractivity contribution in [3.05, 3.63) is 78.8 Å². The van der Waals surface area contributed by atoms with Gasteiger partial charge in [0, 0.05) is 11.1 Å². The fourth-order valence-electron chi connectivity index (χ4n) is 2.93. The van der Waals surface area contributed by atoms with Crippen LogP contribution in [-0.2, 0) is 11.3 Å². The van der Waals surface area contributed by atoms with Crippen LogP contribution in [0.4, 0.5) is 0 Å². The zero-order valence-corrected chi connectivity index (χ0v) is 17.2. The lowest BCUT2D eigenvalue weighted by atomic mass is 10.2. The Kier molecular flexibility index (Phi) is 6.20. The first-order valence-corrected chi connectivity index (χ1v) is 10.4. The number of thioether (sulfide) groups is 1. The van der Waals surface area contributed by atoms with E-state index in [2.05, 4.69) is 10.3 Å². The summed E-state index contributed by atoms with van der Waals surface area (Å²) in [5.41, 5.74) is 2.86. The largest absolute Gasteiger partial charge is 0.497 e. The molecule has 1 amide bonds. The van der Waals surface area contributed by atoms with Gasteiger partial charge in [0.25, 0.3) is 0 Å². The van der Waals surface area contributed by atoms with Crippen molar-refractivity contribution >= 4 is 17.7 Å². The number of aromatic amines is 1. The highest BCUT2D eigenvalue weighted by molar-refractivity contribution is 8.00. The Bertz CT molecular complexity index is 1090. The maximum Gasteiger partial charge on any atom is 0.230 e. The summed E-state index contributed by atoms with van der Waals surface area (Å²) >= 11 is 1.40. The number of hydrogen-bond donors (Lipinski definition) is 2. The number of benzene rings is 2. The third kappa shape index (κ3) is 4.75. The van der Waals surface area contributed by atoms with Gasteiger partial charge in [-0.1, -0.05) is 42.1 Å². The van der Waals surface area contributed by atoms with Gasteiger partial charge in [0.15, 0.2) is 0 Å². The van der Waals surface area contributed by atoms with Crippen molar-refractivity contribution in [3.63, 3.8) is 0 Å². The van der Waals surface area contributed by atoms with Gasteiger partial charge in [0.05, 0.1) is 31.4 Å². The van der Waals surface area contributed by atoms with Crippen molar-refractivity contribution in [1.29, 1.82) is 0 Å². The number of carbonyl (C=O) groups excluding carboxylic acids is 1. The van der Waals surface area contributed by atoms with Gasteiger partial charge in [0.2, 0.25) is 5.91 Å². The highest BCUT2D eigenvalue weighted by Crippen LogP contribution is 2.32. The Labute approximate surface area is 178 Å². The number of rotatable bonds is 8. The van der Waals surface area contributed by atoms with E-state index in [-0.39, 0.29) is 11.7 Å². The average Bonchev–Trinajstić information content (AvgIpc) is 3.47. The van der Waals surface area contributed by atoms with E-state index in [4.69, 9.17) is 14.1 Å². The van der Waals surface area contributed by atoms with E-state index in [0.29, 0.717) is 6.54 Å². The van der Waals surface area contributed by atoms with Gasteiger partial charge in [-0.25, -0.2) is 4.98 Å². The lowest BCUT2D eigenvalue weighted by molar-refractivity contribution is -0.118. The maximum atomic E-state index is 12.3. The van der Waals surface area contributed by atoms with Gasteiger partial charge in [0.1, 0.15) is 22.4 Å². The van der Waals surface area contributed by atoms with E-state index in [9.17, 15) is 4.79 Å². The topological polar surface area (TPSA) is 80.2 Å². The minimum Gasteiger partial charge on any atom is -0.497 e. The standard InChI is InChI=1S/C23H21N3O3S/c1-28-18-11-9-17(10-12-18)22-25-21(16-6-3-2-4-7-16)23(26-22)30-15-20(27)24-14-19-8-5-13-29-19/h2-13H,14-15H2,1H3,(H,24,27)(H,25,26). The average molecular weight is 420 g/mol. The Morgan fingerprint density at radius 3 is 2.57 bits per heavy atom. The van der Waals surface area contributed by atoms with E-state index in [1.54, 1.807) is 19.4 Å².